The summed E-state index contributed by atoms with van der Waals surface area (Å²) in [6, 6.07) is 15.7. The third kappa shape index (κ3) is 3.92. The first-order valence-corrected chi connectivity index (χ1v) is 9.55. The van der Waals surface area contributed by atoms with Crippen molar-refractivity contribution >= 4 is 23.9 Å². The highest BCUT2D eigenvalue weighted by Gasteiger charge is 2.41. The Kier molecular flexibility index (Phi) is 5.82. The second-order valence-electron chi connectivity index (χ2n) is 7.07. The predicted octanol–water partition coefficient (Wildman–Crippen LogP) is 3.46. The van der Waals surface area contributed by atoms with E-state index in [-0.39, 0.29) is 18.7 Å². The zero-order chi connectivity index (χ0) is 21.0. The van der Waals surface area contributed by atoms with Gasteiger partial charge in [0, 0.05) is 13.1 Å². The van der Waals surface area contributed by atoms with Crippen LogP contribution in [0.4, 0.5) is 0 Å². The fraction of sp³-hybridized carbons (Fsp3) is 0.261. The minimum atomic E-state index is -1.52. The van der Waals surface area contributed by atoms with Gasteiger partial charge in [-0.05, 0) is 29.2 Å². The van der Waals surface area contributed by atoms with E-state index >= 15 is 0 Å². The van der Waals surface area contributed by atoms with E-state index in [9.17, 15) is 19.5 Å². The summed E-state index contributed by atoms with van der Waals surface area (Å²) in [6.07, 6.45) is 3.66. The van der Waals surface area contributed by atoms with Crippen LogP contribution in [0.2, 0.25) is 0 Å². The second kappa shape index (κ2) is 8.31. The number of aliphatic carboxylic acids is 1. The fourth-order valence-electron chi connectivity index (χ4n) is 3.79. The molecule has 1 aliphatic heterocycles. The van der Waals surface area contributed by atoms with E-state index in [1.54, 1.807) is 43.5 Å². The van der Waals surface area contributed by atoms with Gasteiger partial charge < -0.3 is 15.3 Å². The molecule has 3 rings (SSSR count). The lowest BCUT2D eigenvalue weighted by Crippen LogP contribution is -2.52. The number of nitrogens with one attached hydrogen (secondary N) is 1. The third-order valence-corrected chi connectivity index (χ3v) is 5.36. The molecule has 29 heavy (non-hydrogen) atoms. The number of carbonyl (C=O) groups is 3. The summed E-state index contributed by atoms with van der Waals surface area (Å²) in [5, 5.41) is 12.7. The fourth-order valence-corrected chi connectivity index (χ4v) is 3.79. The first-order valence-electron chi connectivity index (χ1n) is 9.55. The topological polar surface area (TPSA) is 86.7 Å². The van der Waals surface area contributed by atoms with Crippen molar-refractivity contribution in [2.75, 3.05) is 0 Å². The molecule has 2 aromatic rings. The lowest BCUT2D eigenvalue weighted by molar-refractivity contribution is -0.149. The zero-order valence-electron chi connectivity index (χ0n) is 16.5. The summed E-state index contributed by atoms with van der Waals surface area (Å²) >= 11 is 0. The van der Waals surface area contributed by atoms with Gasteiger partial charge in [-0.1, -0.05) is 61.5 Å². The molecule has 0 saturated heterocycles. The molecule has 2 N–H and O–H groups in total. The number of amides is 2. The first kappa shape index (κ1) is 20.3. The van der Waals surface area contributed by atoms with Gasteiger partial charge in [0.15, 0.2) is 5.54 Å². The molecule has 0 radical (unpaired) electrons. The molecule has 6 nitrogen and oxygen atoms in total. The number of hydrogen-bond acceptors (Lipinski definition) is 3. The van der Waals surface area contributed by atoms with Crippen LogP contribution >= 0.6 is 0 Å². The number of carboxylic acid groups (broad SMARTS) is 1. The maximum absolute atomic E-state index is 13.0. The minimum absolute atomic E-state index is 0.0389. The van der Waals surface area contributed by atoms with Gasteiger partial charge in [-0.3, -0.25) is 9.59 Å². The van der Waals surface area contributed by atoms with Gasteiger partial charge in [0.25, 0.3) is 0 Å². The molecule has 0 bridgehead atoms. The Balaban J connectivity index is 1.90. The van der Waals surface area contributed by atoms with Gasteiger partial charge in [0.2, 0.25) is 11.8 Å². The summed E-state index contributed by atoms with van der Waals surface area (Å²) in [5.41, 5.74) is 0.780. The Hall–Kier alpha value is -3.41. The highest BCUT2D eigenvalue weighted by molar-refractivity contribution is 5.89. The molecule has 0 fully saturated rings. The monoisotopic (exact) mass is 392 g/mol. The van der Waals surface area contributed by atoms with Gasteiger partial charge >= 0.3 is 5.97 Å². The van der Waals surface area contributed by atoms with Gasteiger partial charge in [-0.15, -0.1) is 0 Å². The standard InChI is InChI=1S/C23H24N2O4/c1-3-23(22(28)29,18-10-5-4-6-11-18)24-21(27)15-20-19-12-8-7-9-17(19)13-14-25(20)16(2)26/h4-14,20H,3,15H2,1-2H3,(H,24,27)(H,28,29). The quantitative estimate of drug-likeness (QED) is 0.788. The molecule has 1 aliphatic rings. The molecule has 0 spiro atoms. The zero-order valence-corrected chi connectivity index (χ0v) is 16.5. The Bertz CT molecular complexity index is 954. The second-order valence-corrected chi connectivity index (χ2v) is 7.07. The highest BCUT2D eigenvalue weighted by atomic mass is 16.4. The third-order valence-electron chi connectivity index (χ3n) is 5.36. The van der Waals surface area contributed by atoms with Crippen LogP contribution in [-0.4, -0.2) is 27.8 Å². The van der Waals surface area contributed by atoms with Crippen molar-refractivity contribution in [3.8, 4) is 0 Å². The number of rotatable bonds is 6. The van der Waals surface area contributed by atoms with Crippen LogP contribution < -0.4 is 5.32 Å². The number of nitrogens with zero attached hydrogens (tertiary/aromatic N) is 1. The predicted molar refractivity (Wildman–Crippen MR) is 110 cm³/mol. The smallest absolute Gasteiger partial charge is 0.334 e. The number of carbonyl (C=O) groups excluding carboxylic acids is 2. The number of fused-ring (bicyclic) bond motifs is 1. The van der Waals surface area contributed by atoms with Crippen molar-refractivity contribution in [3.63, 3.8) is 0 Å². The van der Waals surface area contributed by atoms with Crippen molar-refractivity contribution in [2.24, 2.45) is 0 Å². The Labute approximate surface area is 169 Å². The van der Waals surface area contributed by atoms with E-state index in [1.165, 1.54) is 11.8 Å². The summed E-state index contributed by atoms with van der Waals surface area (Å²) in [5.74, 6) is -1.73. The first-order chi connectivity index (χ1) is 13.9. The Morgan fingerprint density at radius 2 is 1.72 bits per heavy atom. The van der Waals surface area contributed by atoms with Crippen molar-refractivity contribution < 1.29 is 19.5 Å². The SMILES string of the molecule is CCC(NC(=O)CC1c2ccccc2C=CN1C(C)=O)(C(=O)O)c1ccccc1. The number of carboxylic acids is 1. The average molecular weight is 392 g/mol. The minimum Gasteiger partial charge on any atom is -0.479 e. The average Bonchev–Trinajstić information content (AvgIpc) is 2.72. The summed E-state index contributed by atoms with van der Waals surface area (Å²) in [7, 11) is 0. The summed E-state index contributed by atoms with van der Waals surface area (Å²) < 4.78 is 0. The normalized spacial score (nSPS) is 17.2. The summed E-state index contributed by atoms with van der Waals surface area (Å²) in [6.45, 7) is 3.17. The largest absolute Gasteiger partial charge is 0.479 e. The molecule has 0 aromatic heterocycles. The van der Waals surface area contributed by atoms with Gasteiger partial charge in [-0.25, -0.2) is 4.79 Å². The lowest BCUT2D eigenvalue weighted by Gasteiger charge is -2.34. The molecular formula is C23H24N2O4. The highest BCUT2D eigenvalue weighted by Crippen LogP contribution is 2.33. The van der Waals surface area contributed by atoms with Crippen LogP contribution in [0.1, 0.15) is 49.4 Å². The Morgan fingerprint density at radius 3 is 2.34 bits per heavy atom. The molecule has 2 atom stereocenters. The number of hydrogen-bond donors (Lipinski definition) is 2. The van der Waals surface area contributed by atoms with Crippen LogP contribution in [0.15, 0.2) is 60.8 Å². The van der Waals surface area contributed by atoms with Gasteiger partial charge in [0.1, 0.15) is 0 Å². The molecule has 150 valence electrons. The number of benzene rings is 2. The molecule has 2 unspecified atom stereocenters. The van der Waals surface area contributed by atoms with Crippen LogP contribution in [0.5, 0.6) is 0 Å². The van der Waals surface area contributed by atoms with Crippen LogP contribution in [0, 0.1) is 0 Å². The van der Waals surface area contributed by atoms with E-state index in [1.807, 2.05) is 30.3 Å². The van der Waals surface area contributed by atoms with E-state index in [4.69, 9.17) is 0 Å². The molecular weight excluding hydrogens is 368 g/mol. The van der Waals surface area contributed by atoms with Crippen LogP contribution in [0.25, 0.3) is 6.08 Å². The maximum atomic E-state index is 13.0. The van der Waals surface area contributed by atoms with E-state index < -0.39 is 23.5 Å². The Morgan fingerprint density at radius 1 is 1.07 bits per heavy atom. The van der Waals surface area contributed by atoms with Gasteiger partial charge in [0.05, 0.1) is 12.5 Å². The molecule has 2 aromatic carbocycles. The molecule has 6 heteroatoms. The lowest BCUT2D eigenvalue weighted by atomic mass is 9.86. The van der Waals surface area contributed by atoms with Crippen molar-refractivity contribution in [3.05, 3.63) is 77.5 Å². The van der Waals surface area contributed by atoms with Crippen LogP contribution in [-0.2, 0) is 19.9 Å². The molecule has 2 amide bonds. The molecule has 0 saturated carbocycles. The summed E-state index contributed by atoms with van der Waals surface area (Å²) in [4.78, 5) is 38.8. The van der Waals surface area contributed by atoms with E-state index in [0.717, 1.165) is 11.1 Å². The van der Waals surface area contributed by atoms with E-state index in [0.29, 0.717) is 5.56 Å². The van der Waals surface area contributed by atoms with Crippen molar-refractivity contribution in [1.29, 1.82) is 0 Å². The maximum Gasteiger partial charge on any atom is 0.334 e. The molecule has 0 aliphatic carbocycles. The van der Waals surface area contributed by atoms with Crippen LogP contribution in [0.3, 0.4) is 0 Å². The van der Waals surface area contributed by atoms with E-state index in [2.05, 4.69) is 5.32 Å². The van der Waals surface area contributed by atoms with Crippen molar-refractivity contribution in [2.45, 2.75) is 38.3 Å². The molecule has 1 heterocycles. The van der Waals surface area contributed by atoms with Gasteiger partial charge in [-0.2, -0.15) is 0 Å². The van der Waals surface area contributed by atoms with Crippen molar-refractivity contribution in [1.82, 2.24) is 10.2 Å².